The van der Waals surface area contributed by atoms with Crippen LogP contribution in [0.5, 0.6) is 0 Å². The topological polar surface area (TPSA) is 66.4 Å². The third kappa shape index (κ3) is 9.27. The van der Waals surface area contributed by atoms with Gasteiger partial charge in [0.15, 0.2) is 6.29 Å². The van der Waals surface area contributed by atoms with Gasteiger partial charge in [0.2, 0.25) is 0 Å². The van der Waals surface area contributed by atoms with Crippen LogP contribution in [0.3, 0.4) is 0 Å². The van der Waals surface area contributed by atoms with Gasteiger partial charge in [0.25, 0.3) is 0 Å². The Hall–Kier alpha value is -1.84. The third-order valence-electron chi connectivity index (χ3n) is 5.84. The van der Waals surface area contributed by atoms with Gasteiger partial charge in [-0.1, -0.05) is 86.4 Å². The molecule has 0 aromatic heterocycles. The van der Waals surface area contributed by atoms with E-state index in [0.717, 1.165) is 17.2 Å². The van der Waals surface area contributed by atoms with E-state index >= 15 is 0 Å². The molecule has 1 saturated heterocycles. The normalized spacial score (nSPS) is 24.9. The molecule has 0 bridgehead atoms. The maximum Gasteiger partial charge on any atom is 0.186 e. The number of ether oxygens (including phenoxy) is 5. The smallest absolute Gasteiger partial charge is 0.186 e. The molecule has 0 aliphatic carbocycles. The Morgan fingerprint density at radius 2 is 1.51 bits per heavy atom. The quantitative estimate of drug-likeness (QED) is 0.297. The van der Waals surface area contributed by atoms with E-state index in [0.29, 0.717) is 19.8 Å². The minimum atomic E-state index is -1.30. The fourth-order valence-electron chi connectivity index (χ4n) is 3.82. The fraction of sp³-hybridized carbons (Fsp3) is 0.500. The molecule has 2 aromatic carbocycles. The summed E-state index contributed by atoms with van der Waals surface area (Å²) in [7, 11) is -1.30. The maximum absolute atomic E-state index is 11.2. The van der Waals surface area contributed by atoms with Gasteiger partial charge in [-0.15, -0.1) is 6.58 Å². The fourth-order valence-corrected chi connectivity index (χ4v) is 4.55. The van der Waals surface area contributed by atoms with Crippen LogP contribution in [0.2, 0.25) is 25.7 Å². The van der Waals surface area contributed by atoms with Crippen molar-refractivity contribution in [1.82, 2.24) is 0 Å². The molecule has 1 heterocycles. The van der Waals surface area contributed by atoms with Crippen LogP contribution in [-0.2, 0) is 36.9 Å². The number of hydrogen-bond donors (Lipinski definition) is 1. The van der Waals surface area contributed by atoms with E-state index in [4.69, 9.17) is 23.7 Å². The highest BCUT2D eigenvalue weighted by Gasteiger charge is 2.47. The van der Waals surface area contributed by atoms with E-state index in [1.807, 2.05) is 60.7 Å². The van der Waals surface area contributed by atoms with E-state index in [1.165, 1.54) is 0 Å². The summed E-state index contributed by atoms with van der Waals surface area (Å²) in [5, 5.41) is 11.2. The van der Waals surface area contributed by atoms with Gasteiger partial charge in [-0.3, -0.25) is 0 Å². The molecule has 0 radical (unpaired) electrons. The van der Waals surface area contributed by atoms with Gasteiger partial charge >= 0.3 is 0 Å². The summed E-state index contributed by atoms with van der Waals surface area (Å²) in [5.41, 5.74) is 2.09. The predicted octanol–water partition coefficient (Wildman–Crippen LogP) is 4.80. The van der Waals surface area contributed by atoms with Crippen molar-refractivity contribution in [1.29, 1.82) is 0 Å². The van der Waals surface area contributed by atoms with Gasteiger partial charge in [-0.2, -0.15) is 0 Å². The molecule has 2 aromatic rings. The minimum absolute atomic E-state index is 0.212. The van der Waals surface area contributed by atoms with Crippen molar-refractivity contribution in [3.63, 3.8) is 0 Å². The Labute approximate surface area is 210 Å². The van der Waals surface area contributed by atoms with E-state index < -0.39 is 38.8 Å². The highest BCUT2D eigenvalue weighted by molar-refractivity contribution is 6.76. The number of rotatable bonds is 14. The minimum Gasteiger partial charge on any atom is -0.387 e. The van der Waals surface area contributed by atoms with Gasteiger partial charge in [0, 0.05) is 14.7 Å². The van der Waals surface area contributed by atoms with Crippen molar-refractivity contribution in [2.24, 2.45) is 0 Å². The lowest BCUT2D eigenvalue weighted by Crippen LogP contribution is -2.61. The Balaban J connectivity index is 1.71. The first-order valence-electron chi connectivity index (χ1n) is 12.3. The molecular weight excluding hydrogens is 460 g/mol. The van der Waals surface area contributed by atoms with E-state index in [1.54, 1.807) is 6.08 Å². The lowest BCUT2D eigenvalue weighted by Gasteiger charge is -2.44. The van der Waals surface area contributed by atoms with Gasteiger partial charge in [0.05, 0.1) is 26.4 Å². The van der Waals surface area contributed by atoms with Crippen molar-refractivity contribution >= 4 is 8.07 Å². The van der Waals surface area contributed by atoms with Gasteiger partial charge < -0.3 is 28.8 Å². The molecule has 7 heteroatoms. The molecule has 0 amide bonds. The van der Waals surface area contributed by atoms with Crippen LogP contribution in [0.15, 0.2) is 73.3 Å². The molecule has 1 aliphatic heterocycles. The molecular formula is C28H40O6Si. The van der Waals surface area contributed by atoms with E-state index in [9.17, 15) is 5.11 Å². The Morgan fingerprint density at radius 3 is 2.11 bits per heavy atom. The van der Waals surface area contributed by atoms with Crippen LogP contribution in [0.25, 0.3) is 0 Å². The van der Waals surface area contributed by atoms with E-state index in [-0.39, 0.29) is 13.2 Å². The first-order chi connectivity index (χ1) is 16.9. The second-order valence-corrected chi connectivity index (χ2v) is 15.7. The molecule has 0 spiro atoms. The number of benzene rings is 2. The van der Waals surface area contributed by atoms with Gasteiger partial charge in [0.1, 0.15) is 24.4 Å². The lowest BCUT2D eigenvalue weighted by atomic mass is 9.98. The SMILES string of the molecule is C=CCO[C@H]1[C@H](O)[C@@H](COCc2ccccc2)O[C@@H](OCC[Si](C)(C)C)[C@@H]1OCc1ccccc1. The highest BCUT2D eigenvalue weighted by atomic mass is 28.3. The summed E-state index contributed by atoms with van der Waals surface area (Å²) < 4.78 is 30.7. The van der Waals surface area contributed by atoms with Crippen LogP contribution in [0, 0.1) is 0 Å². The Bertz CT molecular complexity index is 857. The number of aliphatic hydroxyl groups excluding tert-OH is 1. The summed E-state index contributed by atoms with van der Waals surface area (Å²) in [6, 6.07) is 20.8. The van der Waals surface area contributed by atoms with Crippen LogP contribution in [0.4, 0.5) is 0 Å². The highest BCUT2D eigenvalue weighted by Crippen LogP contribution is 2.29. The Kier molecular flexibility index (Phi) is 11.1. The Morgan fingerprint density at radius 1 is 0.886 bits per heavy atom. The summed E-state index contributed by atoms with van der Waals surface area (Å²) >= 11 is 0. The largest absolute Gasteiger partial charge is 0.387 e. The zero-order valence-electron chi connectivity index (χ0n) is 21.2. The number of hydrogen-bond acceptors (Lipinski definition) is 6. The lowest BCUT2D eigenvalue weighted by molar-refractivity contribution is -0.317. The first kappa shape index (κ1) is 27.7. The molecule has 5 atom stereocenters. The maximum atomic E-state index is 11.2. The van der Waals surface area contributed by atoms with E-state index in [2.05, 4.69) is 26.2 Å². The summed E-state index contributed by atoms with van der Waals surface area (Å²) in [6.07, 6.45) is -1.81. The average Bonchev–Trinajstić information content (AvgIpc) is 2.84. The van der Waals surface area contributed by atoms with Crippen molar-refractivity contribution in [3.8, 4) is 0 Å². The molecule has 1 fully saturated rings. The van der Waals surface area contributed by atoms with Crippen molar-refractivity contribution < 1.29 is 28.8 Å². The summed E-state index contributed by atoms with van der Waals surface area (Å²) in [4.78, 5) is 0. The molecule has 1 N–H and O–H groups in total. The third-order valence-corrected chi connectivity index (χ3v) is 7.54. The van der Waals surface area contributed by atoms with Crippen LogP contribution in [-0.4, -0.2) is 63.7 Å². The van der Waals surface area contributed by atoms with Crippen molar-refractivity contribution in [2.75, 3.05) is 19.8 Å². The van der Waals surface area contributed by atoms with Crippen molar-refractivity contribution in [3.05, 3.63) is 84.4 Å². The van der Waals surface area contributed by atoms with Crippen LogP contribution >= 0.6 is 0 Å². The second kappa shape index (κ2) is 14.0. The predicted molar refractivity (Wildman–Crippen MR) is 140 cm³/mol. The average molecular weight is 501 g/mol. The molecule has 1 aliphatic rings. The number of aliphatic hydroxyl groups is 1. The van der Waals surface area contributed by atoms with Gasteiger partial charge in [-0.25, -0.2) is 0 Å². The first-order valence-corrected chi connectivity index (χ1v) is 16.0. The second-order valence-electron chi connectivity index (χ2n) is 10.1. The molecule has 0 saturated carbocycles. The molecule has 192 valence electrons. The zero-order valence-corrected chi connectivity index (χ0v) is 22.2. The van der Waals surface area contributed by atoms with Crippen LogP contribution < -0.4 is 0 Å². The molecule has 3 rings (SSSR count). The summed E-state index contributed by atoms with van der Waals surface area (Å²) in [5.74, 6) is 0. The molecule has 0 unspecified atom stereocenters. The zero-order chi connectivity index (χ0) is 25.1. The molecule has 35 heavy (non-hydrogen) atoms. The standard InChI is InChI=1S/C28H40O6Si/c1-5-16-31-26-25(29)24(21-30-19-22-12-8-6-9-13-22)34-28(32-17-18-35(2,3)4)27(26)33-20-23-14-10-7-11-15-23/h5-15,24-29H,1,16-21H2,2-4H3/t24-,25-,26+,27-,28-/m1/s1. The summed E-state index contributed by atoms with van der Waals surface area (Å²) in [6.45, 7) is 12.5. The molecule has 6 nitrogen and oxygen atoms in total. The van der Waals surface area contributed by atoms with Gasteiger partial charge in [-0.05, 0) is 17.2 Å². The monoisotopic (exact) mass is 500 g/mol. The van der Waals surface area contributed by atoms with Crippen LogP contribution in [0.1, 0.15) is 11.1 Å². The van der Waals surface area contributed by atoms with Crippen molar-refractivity contribution in [2.45, 2.75) is 69.6 Å².